The van der Waals surface area contributed by atoms with Crippen LogP contribution in [-0.4, -0.2) is 4.99 Å². The maximum Gasteiger partial charge on any atom is 0.168 e. The molecule has 0 fully saturated rings. The van der Waals surface area contributed by atoms with Crippen LogP contribution in [0.3, 0.4) is 0 Å². The molecule has 2 nitrogen and oxygen atoms in total. The predicted molar refractivity (Wildman–Crippen MR) is 73.5 cm³/mol. The summed E-state index contributed by atoms with van der Waals surface area (Å²) in [4.78, 5) is -0.0115. The Labute approximate surface area is 114 Å². The van der Waals surface area contributed by atoms with Crippen LogP contribution in [0, 0.1) is 18.6 Å². The summed E-state index contributed by atoms with van der Waals surface area (Å²) in [5.41, 5.74) is 6.18. The highest BCUT2D eigenvalue weighted by Crippen LogP contribution is 2.29. The molecule has 0 aliphatic rings. The SMILES string of the molecule is Cc1cccc(Oc2ccc(F)cc2C(N)=S)c1F. The van der Waals surface area contributed by atoms with Crippen molar-refractivity contribution in [3.05, 3.63) is 59.2 Å². The number of thiocarbonyl (C=S) groups is 1. The monoisotopic (exact) mass is 279 g/mol. The number of benzene rings is 2. The molecule has 2 N–H and O–H groups in total. The van der Waals surface area contributed by atoms with Crippen molar-refractivity contribution in [1.82, 2.24) is 0 Å². The van der Waals surface area contributed by atoms with Crippen LogP contribution in [0.4, 0.5) is 8.78 Å². The molecular weight excluding hydrogens is 268 g/mol. The van der Waals surface area contributed by atoms with Crippen molar-refractivity contribution in [3.8, 4) is 11.5 Å². The summed E-state index contributed by atoms with van der Waals surface area (Å²) < 4.78 is 32.4. The van der Waals surface area contributed by atoms with Gasteiger partial charge in [0.05, 0.1) is 5.56 Å². The summed E-state index contributed by atoms with van der Waals surface area (Å²) in [6.45, 7) is 1.63. The summed E-state index contributed by atoms with van der Waals surface area (Å²) in [6, 6.07) is 8.50. The maximum absolute atomic E-state index is 13.8. The minimum atomic E-state index is -0.486. The fraction of sp³-hybridized carbons (Fsp3) is 0.0714. The summed E-state index contributed by atoms with van der Waals surface area (Å²) in [5.74, 6) is -0.692. The third kappa shape index (κ3) is 2.88. The summed E-state index contributed by atoms with van der Waals surface area (Å²) >= 11 is 4.82. The summed E-state index contributed by atoms with van der Waals surface area (Å²) in [6.07, 6.45) is 0. The topological polar surface area (TPSA) is 35.2 Å². The average molecular weight is 279 g/mol. The van der Waals surface area contributed by atoms with Crippen molar-refractivity contribution in [1.29, 1.82) is 0 Å². The van der Waals surface area contributed by atoms with Gasteiger partial charge in [0.2, 0.25) is 0 Å². The van der Waals surface area contributed by atoms with Crippen LogP contribution >= 0.6 is 12.2 Å². The van der Waals surface area contributed by atoms with E-state index < -0.39 is 11.6 Å². The van der Waals surface area contributed by atoms with Crippen LogP contribution in [-0.2, 0) is 0 Å². The molecule has 19 heavy (non-hydrogen) atoms. The largest absolute Gasteiger partial charge is 0.454 e. The molecule has 2 aromatic rings. The molecule has 5 heteroatoms. The maximum atomic E-state index is 13.8. The zero-order chi connectivity index (χ0) is 14.0. The second kappa shape index (κ2) is 5.32. The highest BCUT2D eigenvalue weighted by Gasteiger charge is 2.12. The molecule has 98 valence electrons. The minimum Gasteiger partial charge on any atom is -0.454 e. The smallest absolute Gasteiger partial charge is 0.168 e. The van der Waals surface area contributed by atoms with E-state index in [-0.39, 0.29) is 22.1 Å². The molecule has 0 saturated heterocycles. The molecule has 0 amide bonds. The molecule has 2 aromatic carbocycles. The number of rotatable bonds is 3. The van der Waals surface area contributed by atoms with E-state index in [1.165, 1.54) is 18.2 Å². The normalized spacial score (nSPS) is 10.3. The zero-order valence-corrected chi connectivity index (χ0v) is 10.9. The Morgan fingerprint density at radius 1 is 1.16 bits per heavy atom. The molecule has 0 aliphatic heterocycles. The van der Waals surface area contributed by atoms with Crippen molar-refractivity contribution >= 4 is 17.2 Å². The Bertz CT molecular complexity index is 643. The number of aryl methyl sites for hydroxylation is 1. The molecule has 0 aliphatic carbocycles. The first-order valence-electron chi connectivity index (χ1n) is 5.51. The molecular formula is C14H11F2NOS. The number of ether oxygens (including phenoxy) is 1. The van der Waals surface area contributed by atoms with Crippen LogP contribution in [0.5, 0.6) is 11.5 Å². The second-order valence-electron chi connectivity index (χ2n) is 3.99. The lowest BCUT2D eigenvalue weighted by Crippen LogP contribution is -2.11. The van der Waals surface area contributed by atoms with Crippen LogP contribution in [0.25, 0.3) is 0 Å². The Balaban J connectivity index is 2.44. The van der Waals surface area contributed by atoms with E-state index in [9.17, 15) is 8.78 Å². The van der Waals surface area contributed by atoms with E-state index in [0.717, 1.165) is 6.07 Å². The van der Waals surface area contributed by atoms with Crippen LogP contribution in [0.1, 0.15) is 11.1 Å². The third-order valence-electron chi connectivity index (χ3n) is 2.58. The second-order valence-corrected chi connectivity index (χ2v) is 4.43. The first kappa shape index (κ1) is 13.4. The predicted octanol–water partition coefficient (Wildman–Crippen LogP) is 3.70. The molecule has 0 heterocycles. The molecule has 0 spiro atoms. The van der Waals surface area contributed by atoms with Crippen LogP contribution < -0.4 is 10.5 Å². The van der Waals surface area contributed by atoms with E-state index in [2.05, 4.69) is 0 Å². The molecule has 0 radical (unpaired) electrons. The molecule has 0 saturated carbocycles. The quantitative estimate of drug-likeness (QED) is 0.870. The van der Waals surface area contributed by atoms with Crippen molar-refractivity contribution in [2.75, 3.05) is 0 Å². The number of hydrogen-bond donors (Lipinski definition) is 1. The number of hydrogen-bond acceptors (Lipinski definition) is 2. The van der Waals surface area contributed by atoms with Crippen molar-refractivity contribution in [2.45, 2.75) is 6.92 Å². The van der Waals surface area contributed by atoms with E-state index in [1.54, 1.807) is 19.1 Å². The van der Waals surface area contributed by atoms with Crippen LogP contribution in [0.2, 0.25) is 0 Å². The lowest BCUT2D eigenvalue weighted by atomic mass is 10.2. The molecule has 0 unspecified atom stereocenters. The summed E-state index contributed by atoms with van der Waals surface area (Å²) in [5, 5.41) is 0. The standard InChI is InChI=1S/C14H11F2NOS/c1-8-3-2-4-12(13(8)16)18-11-6-5-9(15)7-10(11)14(17)19/h2-7H,1H3,(H2,17,19). The first-order valence-corrected chi connectivity index (χ1v) is 5.92. The Morgan fingerprint density at radius 2 is 1.89 bits per heavy atom. The Hall–Kier alpha value is -2.01. The first-order chi connectivity index (χ1) is 8.99. The van der Waals surface area contributed by atoms with Crippen molar-refractivity contribution in [3.63, 3.8) is 0 Å². The van der Waals surface area contributed by atoms with Gasteiger partial charge in [0.1, 0.15) is 16.6 Å². The number of halogens is 2. The van der Waals surface area contributed by atoms with E-state index in [1.807, 2.05) is 0 Å². The highest BCUT2D eigenvalue weighted by molar-refractivity contribution is 7.80. The van der Waals surface area contributed by atoms with Gasteiger partial charge in [0.15, 0.2) is 11.6 Å². The van der Waals surface area contributed by atoms with E-state index in [4.69, 9.17) is 22.7 Å². The fourth-order valence-corrected chi connectivity index (χ4v) is 1.76. The highest BCUT2D eigenvalue weighted by atomic mass is 32.1. The van der Waals surface area contributed by atoms with Gasteiger partial charge < -0.3 is 10.5 Å². The number of nitrogens with two attached hydrogens (primary N) is 1. The minimum absolute atomic E-state index is 0.0115. The van der Waals surface area contributed by atoms with Crippen LogP contribution in [0.15, 0.2) is 36.4 Å². The lowest BCUT2D eigenvalue weighted by molar-refractivity contribution is 0.438. The van der Waals surface area contributed by atoms with Gasteiger partial charge in [-0.15, -0.1) is 0 Å². The zero-order valence-electron chi connectivity index (χ0n) is 10.1. The van der Waals surface area contributed by atoms with Gasteiger partial charge in [0, 0.05) is 0 Å². The molecule has 0 aromatic heterocycles. The van der Waals surface area contributed by atoms with E-state index >= 15 is 0 Å². The molecule has 0 bridgehead atoms. The van der Waals surface area contributed by atoms with Crippen molar-refractivity contribution in [2.24, 2.45) is 5.73 Å². The van der Waals surface area contributed by atoms with Gasteiger partial charge in [-0.1, -0.05) is 24.4 Å². The fourth-order valence-electron chi connectivity index (χ4n) is 1.60. The van der Waals surface area contributed by atoms with Gasteiger partial charge in [-0.2, -0.15) is 0 Å². The Kier molecular flexibility index (Phi) is 3.76. The van der Waals surface area contributed by atoms with Gasteiger partial charge in [-0.25, -0.2) is 8.78 Å². The Morgan fingerprint density at radius 3 is 2.58 bits per heavy atom. The lowest BCUT2D eigenvalue weighted by Gasteiger charge is -2.11. The molecule has 0 atom stereocenters. The van der Waals surface area contributed by atoms with Gasteiger partial charge in [-0.05, 0) is 36.8 Å². The van der Waals surface area contributed by atoms with Gasteiger partial charge in [0.25, 0.3) is 0 Å². The summed E-state index contributed by atoms with van der Waals surface area (Å²) in [7, 11) is 0. The van der Waals surface area contributed by atoms with Gasteiger partial charge >= 0.3 is 0 Å². The van der Waals surface area contributed by atoms with E-state index in [0.29, 0.717) is 5.56 Å². The van der Waals surface area contributed by atoms with Gasteiger partial charge in [-0.3, -0.25) is 0 Å². The van der Waals surface area contributed by atoms with Crippen molar-refractivity contribution < 1.29 is 13.5 Å². The third-order valence-corrected chi connectivity index (χ3v) is 2.80. The molecule has 2 rings (SSSR count). The average Bonchev–Trinajstić information content (AvgIpc) is 2.36.